The second-order valence-electron chi connectivity index (χ2n) is 8.10. The summed E-state index contributed by atoms with van der Waals surface area (Å²) in [6.07, 6.45) is 5.04. The topological polar surface area (TPSA) is 66.5 Å². The van der Waals surface area contributed by atoms with Gasteiger partial charge in [-0.1, -0.05) is 17.7 Å². The lowest BCUT2D eigenvalue weighted by Gasteiger charge is -2.32. The minimum Gasteiger partial charge on any atom is -0.387 e. The molecule has 0 unspecified atom stereocenters. The summed E-state index contributed by atoms with van der Waals surface area (Å²) >= 11 is 9.35. The van der Waals surface area contributed by atoms with Crippen LogP contribution in [0.3, 0.4) is 0 Å². The molecule has 0 saturated carbocycles. The predicted molar refractivity (Wildman–Crippen MR) is 128 cm³/mol. The van der Waals surface area contributed by atoms with E-state index in [0.717, 1.165) is 0 Å². The van der Waals surface area contributed by atoms with Crippen LogP contribution in [0, 0.1) is 5.82 Å². The number of amidine groups is 1. The Hall–Kier alpha value is -2.34. The van der Waals surface area contributed by atoms with Crippen molar-refractivity contribution in [1.82, 2.24) is 19.7 Å². The number of halogens is 4. The van der Waals surface area contributed by atoms with Crippen molar-refractivity contribution in [2.75, 3.05) is 18.6 Å². The summed E-state index contributed by atoms with van der Waals surface area (Å²) in [6, 6.07) is 4.75. The first kappa shape index (κ1) is 23.4. The molecule has 5 rings (SSSR count). The van der Waals surface area contributed by atoms with Gasteiger partial charge in [-0.3, -0.25) is 4.99 Å². The number of thioether (sulfide) groups is 1. The lowest BCUT2D eigenvalue weighted by molar-refractivity contribution is 0.0564. The minimum atomic E-state index is -2.81. The fourth-order valence-electron chi connectivity index (χ4n) is 4.41. The summed E-state index contributed by atoms with van der Waals surface area (Å²) in [4.78, 5) is 11.2. The van der Waals surface area contributed by atoms with E-state index < -0.39 is 24.0 Å². The molecule has 2 aromatic heterocycles. The van der Waals surface area contributed by atoms with Crippen molar-refractivity contribution in [3.8, 4) is 0 Å². The summed E-state index contributed by atoms with van der Waals surface area (Å²) in [5.74, 6) is 0.518. The van der Waals surface area contributed by atoms with Gasteiger partial charge in [0.05, 0.1) is 17.8 Å². The van der Waals surface area contributed by atoms with Crippen LogP contribution in [0.4, 0.5) is 13.2 Å². The smallest absolute Gasteiger partial charge is 0.333 e. The number of hydrogen-bond acceptors (Lipinski definition) is 7. The highest BCUT2D eigenvalue weighted by Gasteiger charge is 2.46. The van der Waals surface area contributed by atoms with Gasteiger partial charge >= 0.3 is 6.55 Å². The van der Waals surface area contributed by atoms with Crippen LogP contribution in [0.1, 0.15) is 35.3 Å². The van der Waals surface area contributed by atoms with E-state index in [4.69, 9.17) is 16.6 Å². The number of thiazole rings is 1. The van der Waals surface area contributed by atoms with E-state index in [1.54, 1.807) is 6.20 Å². The number of aromatic nitrogens is 3. The van der Waals surface area contributed by atoms with Crippen molar-refractivity contribution in [1.29, 1.82) is 0 Å². The summed E-state index contributed by atoms with van der Waals surface area (Å²) in [5, 5.41) is 18.1. The van der Waals surface area contributed by atoms with Gasteiger partial charge in [-0.05, 0) is 24.5 Å². The van der Waals surface area contributed by atoms with Crippen LogP contribution in [0.15, 0.2) is 52.7 Å². The van der Waals surface area contributed by atoms with Gasteiger partial charge in [0.15, 0.2) is 10.8 Å². The third kappa shape index (κ3) is 4.15. The van der Waals surface area contributed by atoms with Crippen molar-refractivity contribution < 1.29 is 18.3 Å². The normalized spacial score (nSPS) is 22.5. The molecule has 3 aromatic rings. The number of fused-ring (bicyclic) bond motifs is 1. The number of rotatable bonds is 6. The highest BCUT2D eigenvalue weighted by Crippen LogP contribution is 2.48. The average Bonchev–Trinajstić information content (AvgIpc) is 3.53. The van der Waals surface area contributed by atoms with E-state index in [2.05, 4.69) is 10.1 Å². The second-order valence-corrected chi connectivity index (χ2v) is 10.3. The van der Waals surface area contributed by atoms with Crippen LogP contribution < -0.4 is 0 Å². The minimum absolute atomic E-state index is 0.157. The van der Waals surface area contributed by atoms with Crippen molar-refractivity contribution >= 4 is 46.1 Å². The number of alkyl halides is 2. The van der Waals surface area contributed by atoms with Gasteiger partial charge in [0, 0.05) is 51.8 Å². The van der Waals surface area contributed by atoms with Gasteiger partial charge in [0.1, 0.15) is 11.9 Å². The molecule has 0 bridgehead atoms. The first-order valence-electron chi connectivity index (χ1n) is 10.3. The van der Waals surface area contributed by atoms with Crippen molar-refractivity contribution in [2.24, 2.45) is 4.99 Å². The Balaban J connectivity index is 1.74. The molecule has 1 saturated heterocycles. The van der Waals surface area contributed by atoms with Crippen LogP contribution in [0.25, 0.3) is 5.57 Å². The molecular formula is C22H19ClF3N5OS2. The molecule has 12 heteroatoms. The van der Waals surface area contributed by atoms with E-state index in [0.29, 0.717) is 43.8 Å². The predicted octanol–water partition coefficient (Wildman–Crippen LogP) is 5.24. The molecule has 1 N–H and O–H groups in total. The lowest BCUT2D eigenvalue weighted by Crippen LogP contribution is -2.39. The van der Waals surface area contributed by atoms with Crippen LogP contribution in [0.2, 0.25) is 5.02 Å². The highest BCUT2D eigenvalue weighted by atomic mass is 35.5. The zero-order valence-electron chi connectivity index (χ0n) is 17.8. The monoisotopic (exact) mass is 525 g/mol. The number of nitrogens with zero attached hydrogens (tertiary/aromatic N) is 5. The fourth-order valence-corrected chi connectivity index (χ4v) is 6.05. The molecule has 4 heterocycles. The Morgan fingerprint density at radius 1 is 1.35 bits per heavy atom. The quantitative estimate of drug-likeness (QED) is 0.477. The Labute approximate surface area is 206 Å². The van der Waals surface area contributed by atoms with Crippen molar-refractivity contribution in [2.45, 2.75) is 24.6 Å². The molecule has 0 radical (unpaired) electrons. The molecule has 0 amide bonds. The lowest BCUT2D eigenvalue weighted by atomic mass is 9.91. The standard InChI is InChI=1S/C22H19ClF3N5OS2/c1-33-11-22(32)9-16-17(15-4-6-31(29-15)21(25)26)18(13-3-2-12(24)8-14(13)23)28-19(30(16)10-22)20-27-5-7-34-20/h2-8,18,21,32H,9-11H2,1H3/t18-,22-/m0/s1. The van der Waals surface area contributed by atoms with Gasteiger partial charge in [-0.15, -0.1) is 11.3 Å². The zero-order valence-corrected chi connectivity index (χ0v) is 20.2. The molecule has 6 nitrogen and oxygen atoms in total. The van der Waals surface area contributed by atoms with Crippen molar-refractivity contribution in [3.05, 3.63) is 74.8 Å². The summed E-state index contributed by atoms with van der Waals surface area (Å²) in [7, 11) is 0. The molecule has 2 atom stereocenters. The molecule has 34 heavy (non-hydrogen) atoms. The average molecular weight is 526 g/mol. The SMILES string of the molecule is CSC[C@]1(O)CC2=C(c3ccn(C(F)F)n3)[C@H](c3ccc(F)cc3Cl)N=C(c3nccs3)N2C1. The highest BCUT2D eigenvalue weighted by molar-refractivity contribution is 7.98. The molecular weight excluding hydrogens is 507 g/mol. The number of hydrogen-bond donors (Lipinski definition) is 1. The largest absolute Gasteiger partial charge is 0.387 e. The third-order valence-electron chi connectivity index (χ3n) is 5.74. The maximum atomic E-state index is 13.8. The maximum Gasteiger partial charge on any atom is 0.333 e. The van der Waals surface area contributed by atoms with Gasteiger partial charge in [0.2, 0.25) is 0 Å². The van der Waals surface area contributed by atoms with Crippen molar-refractivity contribution in [3.63, 3.8) is 0 Å². The Morgan fingerprint density at radius 3 is 2.82 bits per heavy atom. The van der Waals surface area contributed by atoms with Gasteiger partial charge in [-0.25, -0.2) is 14.1 Å². The Bertz CT molecular complexity index is 1280. The van der Waals surface area contributed by atoms with E-state index in [1.807, 2.05) is 16.5 Å². The molecule has 178 valence electrons. The third-order valence-corrected chi connectivity index (χ3v) is 7.67. The Morgan fingerprint density at radius 2 is 2.18 bits per heavy atom. The summed E-state index contributed by atoms with van der Waals surface area (Å²) < 4.78 is 41.1. The Kier molecular flexibility index (Phi) is 6.21. The van der Waals surface area contributed by atoms with Crippen LogP contribution >= 0.6 is 34.7 Å². The molecule has 2 aliphatic heterocycles. The molecule has 1 fully saturated rings. The van der Waals surface area contributed by atoms with Gasteiger partial charge in [0.25, 0.3) is 0 Å². The second kappa shape index (κ2) is 9.03. The fraction of sp³-hybridized carbons (Fsp3) is 0.318. The van der Waals surface area contributed by atoms with E-state index in [-0.39, 0.29) is 18.0 Å². The summed E-state index contributed by atoms with van der Waals surface area (Å²) in [6.45, 7) is -2.54. The van der Waals surface area contributed by atoms with Gasteiger partial charge < -0.3 is 10.0 Å². The number of aliphatic imine (C=N–C) groups is 1. The molecule has 1 aromatic carbocycles. The number of aliphatic hydroxyl groups is 1. The van der Waals surface area contributed by atoms with E-state index >= 15 is 0 Å². The first-order chi connectivity index (χ1) is 16.3. The molecule has 0 spiro atoms. The van der Waals surface area contributed by atoms with Gasteiger partial charge in [-0.2, -0.15) is 25.6 Å². The van der Waals surface area contributed by atoms with E-state index in [1.165, 1.54) is 53.6 Å². The van der Waals surface area contributed by atoms with Crippen LogP contribution in [-0.2, 0) is 0 Å². The summed E-state index contributed by atoms with van der Waals surface area (Å²) in [5.41, 5.74) is 0.990. The maximum absolute atomic E-state index is 13.8. The first-order valence-corrected chi connectivity index (χ1v) is 12.9. The zero-order chi connectivity index (χ0) is 24.0. The van der Waals surface area contributed by atoms with Crippen LogP contribution in [-0.4, -0.2) is 54.8 Å². The molecule has 2 aliphatic rings. The van der Waals surface area contributed by atoms with Crippen LogP contribution in [0.5, 0.6) is 0 Å². The number of benzene rings is 1. The van der Waals surface area contributed by atoms with E-state index in [9.17, 15) is 18.3 Å². The molecule has 0 aliphatic carbocycles.